The van der Waals surface area contributed by atoms with Gasteiger partial charge in [0, 0.05) is 20.8 Å². The Hall–Kier alpha value is -0.320. The molecule has 0 aromatic heterocycles. The zero-order valence-corrected chi connectivity index (χ0v) is 22.6. The number of hydrogen-bond acceptors (Lipinski definition) is 8. The van der Waals surface area contributed by atoms with Crippen molar-refractivity contribution in [3.63, 3.8) is 0 Å². The minimum Gasteiger partial charge on any atom is -0.394 e. The highest BCUT2D eigenvalue weighted by Gasteiger charge is 2.45. The number of methoxy groups -OCH3 is 2. The first-order valence-corrected chi connectivity index (χ1v) is 14.0. The summed E-state index contributed by atoms with van der Waals surface area (Å²) >= 11 is 0. The average Bonchev–Trinajstić information content (AvgIpc) is 2.87. The second-order valence-corrected chi connectivity index (χ2v) is 9.77. The third-order valence-corrected chi connectivity index (χ3v) is 6.82. The molecule has 6 atom stereocenters. The summed E-state index contributed by atoms with van der Waals surface area (Å²) in [6.07, 6.45) is 13.2. The number of hydrogen-bond donors (Lipinski definition) is 3. The Kier molecular flexibility index (Phi) is 20.3. The lowest BCUT2D eigenvalue weighted by Crippen LogP contribution is -2.60. The van der Waals surface area contributed by atoms with Crippen LogP contribution in [0.5, 0.6) is 0 Å². The van der Waals surface area contributed by atoms with Gasteiger partial charge in [-0.05, 0) is 6.42 Å². The molecular weight excluding hydrogens is 452 g/mol. The summed E-state index contributed by atoms with van der Waals surface area (Å²) < 4.78 is 27.7. The molecule has 0 aromatic rings. The van der Waals surface area contributed by atoms with Crippen molar-refractivity contribution in [1.82, 2.24) is 0 Å². The van der Waals surface area contributed by atoms with Crippen LogP contribution in [-0.4, -0.2) is 92.8 Å². The standard InChI is InChI=1S/C27H54O8/c1-4-5-6-7-8-9-10-11-12-13-14-15-16-17-18-33-20-22(31-2)21-34-27-26(32-3)25(30)24(29)23(19-28)35-27/h22-30H,4-21H2,1-3H3/t22-,23-,24-,25+,26-,27-/m1/s1. The Labute approximate surface area is 213 Å². The summed E-state index contributed by atoms with van der Waals surface area (Å²) in [6, 6.07) is 0. The molecule has 8 heteroatoms. The van der Waals surface area contributed by atoms with E-state index in [1.165, 1.54) is 90.6 Å². The molecule has 3 N–H and O–H groups in total. The van der Waals surface area contributed by atoms with E-state index in [1.807, 2.05) is 0 Å². The lowest BCUT2D eigenvalue weighted by atomic mass is 9.99. The first-order valence-electron chi connectivity index (χ1n) is 14.0. The summed E-state index contributed by atoms with van der Waals surface area (Å²) in [6.45, 7) is 3.11. The van der Waals surface area contributed by atoms with E-state index in [2.05, 4.69) is 6.92 Å². The average molecular weight is 507 g/mol. The molecule has 1 saturated heterocycles. The van der Waals surface area contributed by atoms with Crippen LogP contribution in [0.15, 0.2) is 0 Å². The van der Waals surface area contributed by atoms with Crippen LogP contribution in [-0.2, 0) is 23.7 Å². The number of aliphatic hydroxyl groups is 3. The maximum atomic E-state index is 10.2. The van der Waals surface area contributed by atoms with Crippen LogP contribution in [0.3, 0.4) is 0 Å². The summed E-state index contributed by atoms with van der Waals surface area (Å²) in [7, 11) is 3.00. The molecule has 8 nitrogen and oxygen atoms in total. The summed E-state index contributed by atoms with van der Waals surface area (Å²) in [4.78, 5) is 0. The van der Waals surface area contributed by atoms with Gasteiger partial charge in [-0.3, -0.25) is 0 Å². The van der Waals surface area contributed by atoms with Gasteiger partial charge >= 0.3 is 0 Å². The predicted molar refractivity (Wildman–Crippen MR) is 136 cm³/mol. The van der Waals surface area contributed by atoms with Crippen LogP contribution >= 0.6 is 0 Å². The van der Waals surface area contributed by atoms with Crippen molar-refractivity contribution >= 4 is 0 Å². The van der Waals surface area contributed by atoms with Crippen LogP contribution in [0.25, 0.3) is 0 Å². The molecule has 0 aliphatic carbocycles. The van der Waals surface area contributed by atoms with E-state index in [9.17, 15) is 15.3 Å². The molecule has 35 heavy (non-hydrogen) atoms. The number of ether oxygens (including phenoxy) is 5. The van der Waals surface area contributed by atoms with Crippen molar-refractivity contribution in [1.29, 1.82) is 0 Å². The summed E-state index contributed by atoms with van der Waals surface area (Å²) in [5.41, 5.74) is 0. The van der Waals surface area contributed by atoms with Crippen LogP contribution in [0.1, 0.15) is 96.8 Å². The molecule has 210 valence electrons. The van der Waals surface area contributed by atoms with E-state index in [1.54, 1.807) is 7.11 Å². The molecule has 1 heterocycles. The maximum Gasteiger partial charge on any atom is 0.187 e. The molecule has 0 aromatic carbocycles. The van der Waals surface area contributed by atoms with Crippen LogP contribution in [0.4, 0.5) is 0 Å². The van der Waals surface area contributed by atoms with Crippen molar-refractivity contribution in [2.75, 3.05) is 40.6 Å². The van der Waals surface area contributed by atoms with E-state index in [0.29, 0.717) is 13.2 Å². The first kappa shape index (κ1) is 32.7. The van der Waals surface area contributed by atoms with Crippen molar-refractivity contribution in [3.8, 4) is 0 Å². The van der Waals surface area contributed by atoms with Gasteiger partial charge in [0.2, 0.25) is 0 Å². The van der Waals surface area contributed by atoms with Crippen molar-refractivity contribution in [3.05, 3.63) is 0 Å². The topological polar surface area (TPSA) is 107 Å². The third kappa shape index (κ3) is 14.3. The van der Waals surface area contributed by atoms with Crippen molar-refractivity contribution in [2.45, 2.75) is 134 Å². The molecular formula is C27H54O8. The summed E-state index contributed by atoms with van der Waals surface area (Å²) in [5, 5.41) is 29.5. The fourth-order valence-electron chi connectivity index (χ4n) is 4.44. The van der Waals surface area contributed by atoms with Crippen LogP contribution in [0.2, 0.25) is 0 Å². The molecule has 1 rings (SSSR count). The Morgan fingerprint density at radius 3 is 1.77 bits per heavy atom. The smallest absolute Gasteiger partial charge is 0.187 e. The second-order valence-electron chi connectivity index (χ2n) is 9.77. The predicted octanol–water partition coefficient (Wildman–Crippen LogP) is 3.97. The molecule has 0 spiro atoms. The zero-order chi connectivity index (χ0) is 25.7. The van der Waals surface area contributed by atoms with E-state index in [4.69, 9.17) is 23.7 Å². The fourth-order valence-corrected chi connectivity index (χ4v) is 4.44. The van der Waals surface area contributed by atoms with E-state index < -0.39 is 37.3 Å². The largest absolute Gasteiger partial charge is 0.394 e. The maximum absolute atomic E-state index is 10.2. The highest BCUT2D eigenvalue weighted by Crippen LogP contribution is 2.24. The number of aliphatic hydroxyl groups excluding tert-OH is 3. The number of unbranched alkanes of at least 4 members (excludes halogenated alkanes) is 13. The lowest BCUT2D eigenvalue weighted by Gasteiger charge is -2.41. The van der Waals surface area contributed by atoms with E-state index in [0.717, 1.165) is 6.42 Å². The Morgan fingerprint density at radius 1 is 0.743 bits per heavy atom. The minimum atomic E-state index is -1.24. The summed E-state index contributed by atoms with van der Waals surface area (Å²) in [5.74, 6) is 0. The van der Waals surface area contributed by atoms with Gasteiger partial charge in [0.15, 0.2) is 6.29 Å². The normalized spacial score (nSPS) is 25.7. The molecule has 0 amide bonds. The monoisotopic (exact) mass is 506 g/mol. The van der Waals surface area contributed by atoms with Gasteiger partial charge in [-0.15, -0.1) is 0 Å². The molecule has 0 saturated carbocycles. The van der Waals surface area contributed by atoms with Gasteiger partial charge in [-0.1, -0.05) is 90.4 Å². The SMILES string of the molecule is CCCCCCCCCCCCCCCCOC[C@H](CO[C@@H]1O[C@H](CO)[C@@H](O)[C@H](O)[C@H]1OC)OC. The van der Waals surface area contributed by atoms with E-state index in [-0.39, 0.29) is 12.7 Å². The van der Waals surface area contributed by atoms with Gasteiger partial charge in [0.25, 0.3) is 0 Å². The molecule has 0 bridgehead atoms. The van der Waals surface area contributed by atoms with Crippen LogP contribution < -0.4 is 0 Å². The van der Waals surface area contributed by atoms with Gasteiger partial charge in [-0.25, -0.2) is 0 Å². The van der Waals surface area contributed by atoms with E-state index >= 15 is 0 Å². The Balaban J connectivity index is 2.02. The highest BCUT2D eigenvalue weighted by molar-refractivity contribution is 4.89. The molecule has 0 unspecified atom stereocenters. The quantitative estimate of drug-likeness (QED) is 0.179. The zero-order valence-electron chi connectivity index (χ0n) is 22.6. The van der Waals surface area contributed by atoms with Gasteiger partial charge < -0.3 is 39.0 Å². The number of rotatable bonds is 23. The molecule has 1 fully saturated rings. The minimum absolute atomic E-state index is 0.181. The highest BCUT2D eigenvalue weighted by atomic mass is 16.7. The molecule has 1 aliphatic rings. The van der Waals surface area contributed by atoms with Crippen molar-refractivity contribution in [2.24, 2.45) is 0 Å². The van der Waals surface area contributed by atoms with Gasteiger partial charge in [0.1, 0.15) is 30.5 Å². The first-order chi connectivity index (χ1) is 17.1. The van der Waals surface area contributed by atoms with Crippen molar-refractivity contribution < 1.29 is 39.0 Å². The molecule has 1 aliphatic heterocycles. The molecule has 0 radical (unpaired) electrons. The Morgan fingerprint density at radius 2 is 1.29 bits per heavy atom. The lowest BCUT2D eigenvalue weighted by molar-refractivity contribution is -0.310. The fraction of sp³-hybridized carbons (Fsp3) is 1.00. The Bertz CT molecular complexity index is 466. The second kappa shape index (κ2) is 21.7. The third-order valence-electron chi connectivity index (χ3n) is 6.82. The van der Waals surface area contributed by atoms with Gasteiger partial charge in [-0.2, -0.15) is 0 Å². The van der Waals surface area contributed by atoms with Gasteiger partial charge in [0.05, 0.1) is 19.8 Å². The van der Waals surface area contributed by atoms with Crippen LogP contribution in [0, 0.1) is 0 Å².